The summed E-state index contributed by atoms with van der Waals surface area (Å²) in [5.41, 5.74) is 1.83. The maximum Gasteiger partial charge on any atom is 0.273 e. The first-order valence-corrected chi connectivity index (χ1v) is 9.24. The van der Waals surface area contributed by atoms with Gasteiger partial charge in [-0.1, -0.05) is 29.8 Å². The largest absolute Gasteiger partial charge is 0.505 e. The van der Waals surface area contributed by atoms with Crippen molar-refractivity contribution < 1.29 is 19.6 Å². The van der Waals surface area contributed by atoms with E-state index in [-0.39, 0.29) is 22.6 Å². The fraction of sp³-hybridized carbons (Fsp3) is 0.0476. The normalized spacial score (nSPS) is 13.1. The van der Waals surface area contributed by atoms with Crippen molar-refractivity contribution in [1.29, 1.82) is 0 Å². The number of halogens is 1. The van der Waals surface area contributed by atoms with Gasteiger partial charge in [-0.2, -0.15) is 0 Å². The van der Waals surface area contributed by atoms with Crippen molar-refractivity contribution in [3.63, 3.8) is 0 Å². The number of nitro benzene ring substituents is 1. The van der Waals surface area contributed by atoms with Crippen molar-refractivity contribution in [2.45, 2.75) is 0 Å². The van der Waals surface area contributed by atoms with Gasteiger partial charge < -0.3 is 9.67 Å². The highest BCUT2D eigenvalue weighted by Gasteiger charge is 2.35. The molecule has 30 heavy (non-hydrogen) atoms. The minimum Gasteiger partial charge on any atom is -0.505 e. The summed E-state index contributed by atoms with van der Waals surface area (Å²) in [4.78, 5) is 36.1. The molecule has 9 heteroatoms. The molecule has 2 amide bonds. The molecule has 0 aliphatic carbocycles. The molecule has 2 N–H and O–H groups in total. The van der Waals surface area contributed by atoms with Crippen molar-refractivity contribution in [3.05, 3.63) is 68.7 Å². The van der Waals surface area contributed by atoms with Crippen LogP contribution >= 0.6 is 11.6 Å². The van der Waals surface area contributed by atoms with Gasteiger partial charge in [-0.15, -0.1) is 0 Å². The minimum atomic E-state index is -0.623. The molecule has 1 aliphatic rings. The average molecular weight is 422 g/mol. The lowest BCUT2D eigenvalue weighted by Gasteiger charge is -2.10. The molecule has 1 aliphatic heterocycles. The van der Waals surface area contributed by atoms with Crippen molar-refractivity contribution in [1.82, 2.24) is 9.88 Å². The molecule has 148 valence electrons. The second-order valence-corrected chi connectivity index (χ2v) is 7.42. The van der Waals surface area contributed by atoms with Crippen LogP contribution in [0.2, 0.25) is 5.02 Å². The molecule has 2 heterocycles. The second-order valence-electron chi connectivity index (χ2n) is 7.01. The zero-order valence-electron chi connectivity index (χ0n) is 15.4. The summed E-state index contributed by atoms with van der Waals surface area (Å²) in [5.74, 6) is -1.47. The first-order chi connectivity index (χ1) is 14.3. The van der Waals surface area contributed by atoms with Gasteiger partial charge >= 0.3 is 0 Å². The van der Waals surface area contributed by atoms with Crippen molar-refractivity contribution in [3.8, 4) is 16.9 Å². The summed E-state index contributed by atoms with van der Waals surface area (Å²) in [6.45, 7) is 0. The van der Waals surface area contributed by atoms with E-state index in [0.29, 0.717) is 38.0 Å². The summed E-state index contributed by atoms with van der Waals surface area (Å²) in [6.07, 6.45) is 0. The van der Waals surface area contributed by atoms with Gasteiger partial charge in [-0.3, -0.25) is 25.0 Å². The lowest BCUT2D eigenvalue weighted by atomic mass is 9.93. The monoisotopic (exact) mass is 421 g/mol. The number of carbonyl (C=O) groups is 2. The van der Waals surface area contributed by atoms with Gasteiger partial charge in [0.15, 0.2) is 0 Å². The highest BCUT2D eigenvalue weighted by molar-refractivity contribution is 6.36. The van der Waals surface area contributed by atoms with E-state index in [9.17, 15) is 24.8 Å². The molecular weight excluding hydrogens is 410 g/mol. The molecule has 0 spiro atoms. The van der Waals surface area contributed by atoms with E-state index in [0.717, 1.165) is 6.07 Å². The molecule has 3 aromatic carbocycles. The molecule has 0 unspecified atom stereocenters. The number of amides is 2. The summed E-state index contributed by atoms with van der Waals surface area (Å²) in [7, 11) is 1.67. The average Bonchev–Trinajstić information content (AvgIpc) is 3.15. The Morgan fingerprint density at radius 1 is 1.07 bits per heavy atom. The molecule has 0 saturated heterocycles. The van der Waals surface area contributed by atoms with E-state index in [1.54, 1.807) is 41.9 Å². The van der Waals surface area contributed by atoms with E-state index in [1.807, 2.05) is 0 Å². The third-order valence-electron chi connectivity index (χ3n) is 5.40. The number of phenols is 1. The number of rotatable bonds is 2. The fourth-order valence-corrected chi connectivity index (χ4v) is 4.40. The lowest BCUT2D eigenvalue weighted by Crippen LogP contribution is -2.20. The third-order valence-corrected chi connectivity index (χ3v) is 5.73. The van der Waals surface area contributed by atoms with E-state index in [1.165, 1.54) is 6.07 Å². The van der Waals surface area contributed by atoms with Crippen molar-refractivity contribution >= 4 is 50.9 Å². The molecular formula is C21H12ClN3O5. The standard InChI is InChI=1S/C21H12ClN3O5/c1-24-14-8-11(10-4-2-3-5-13(10)22)17-18(21(28)23-20(17)27)16(14)12-6-9(25(29)30)7-15(26)19(12)24/h2-8,26H,1H3,(H,23,27,28). The van der Waals surface area contributed by atoms with Crippen LogP contribution in [0.25, 0.3) is 32.9 Å². The Kier molecular flexibility index (Phi) is 3.65. The van der Waals surface area contributed by atoms with Crippen LogP contribution < -0.4 is 5.32 Å². The SMILES string of the molecule is Cn1c2cc(-c3ccccc3Cl)c3c(c2c2cc([N+](=O)[O-])cc(O)c21)C(=O)NC3=O. The van der Waals surface area contributed by atoms with Crippen LogP contribution in [0.5, 0.6) is 5.75 Å². The molecule has 0 bridgehead atoms. The number of aromatic nitrogens is 1. The van der Waals surface area contributed by atoms with Gasteiger partial charge in [0.1, 0.15) is 5.75 Å². The number of hydrogen-bond acceptors (Lipinski definition) is 5. The number of benzene rings is 3. The van der Waals surface area contributed by atoms with Gasteiger partial charge in [0.25, 0.3) is 17.5 Å². The number of carbonyl (C=O) groups excluding carboxylic acids is 2. The third kappa shape index (κ3) is 2.28. The van der Waals surface area contributed by atoms with E-state index < -0.39 is 16.7 Å². The molecule has 0 radical (unpaired) electrons. The van der Waals surface area contributed by atoms with Crippen LogP contribution in [0, 0.1) is 10.1 Å². The summed E-state index contributed by atoms with van der Waals surface area (Å²) >= 11 is 6.36. The zero-order chi connectivity index (χ0) is 21.3. The zero-order valence-corrected chi connectivity index (χ0v) is 16.1. The Morgan fingerprint density at radius 2 is 1.77 bits per heavy atom. The number of nitro groups is 1. The first kappa shape index (κ1) is 18.1. The summed E-state index contributed by atoms with van der Waals surface area (Å²) in [5, 5.41) is 25.2. The predicted molar refractivity (Wildman–Crippen MR) is 111 cm³/mol. The van der Waals surface area contributed by atoms with E-state index in [2.05, 4.69) is 5.32 Å². The van der Waals surface area contributed by atoms with Gasteiger partial charge in [0, 0.05) is 34.5 Å². The Labute approximate surface area is 173 Å². The number of aryl methyl sites for hydroxylation is 1. The maximum absolute atomic E-state index is 12.7. The number of phenolic OH excluding ortho intramolecular Hbond substituents is 1. The van der Waals surface area contributed by atoms with Gasteiger partial charge in [-0.05, 0) is 17.7 Å². The minimum absolute atomic E-state index is 0.109. The number of aromatic hydroxyl groups is 1. The number of nitrogens with one attached hydrogen (secondary N) is 1. The molecule has 8 nitrogen and oxygen atoms in total. The molecule has 0 atom stereocenters. The predicted octanol–water partition coefficient (Wildman–Crippen LogP) is 4.15. The van der Waals surface area contributed by atoms with E-state index in [4.69, 9.17) is 11.6 Å². The molecule has 0 fully saturated rings. The fourth-order valence-electron chi connectivity index (χ4n) is 4.16. The molecule has 4 aromatic rings. The van der Waals surface area contributed by atoms with Gasteiger partial charge in [0.05, 0.1) is 33.1 Å². The second kappa shape index (κ2) is 6.04. The highest BCUT2D eigenvalue weighted by atomic mass is 35.5. The summed E-state index contributed by atoms with van der Waals surface area (Å²) < 4.78 is 1.64. The Bertz CT molecular complexity index is 1470. The summed E-state index contributed by atoms with van der Waals surface area (Å²) in [6, 6.07) is 11.0. The number of fused-ring (bicyclic) bond motifs is 5. The molecule has 1 aromatic heterocycles. The smallest absolute Gasteiger partial charge is 0.273 e. The number of non-ortho nitro benzene ring substituents is 1. The van der Waals surface area contributed by atoms with Gasteiger partial charge in [0.2, 0.25) is 0 Å². The van der Waals surface area contributed by atoms with Crippen LogP contribution in [0.4, 0.5) is 5.69 Å². The Morgan fingerprint density at radius 3 is 2.47 bits per heavy atom. The van der Waals surface area contributed by atoms with Crippen LogP contribution in [0.15, 0.2) is 42.5 Å². The number of nitrogens with zero attached hydrogens (tertiary/aromatic N) is 2. The number of hydrogen-bond donors (Lipinski definition) is 2. The maximum atomic E-state index is 12.7. The van der Waals surface area contributed by atoms with Crippen LogP contribution in [0.1, 0.15) is 20.7 Å². The van der Waals surface area contributed by atoms with Crippen molar-refractivity contribution in [2.75, 3.05) is 0 Å². The van der Waals surface area contributed by atoms with Crippen molar-refractivity contribution in [2.24, 2.45) is 7.05 Å². The quantitative estimate of drug-likeness (QED) is 0.286. The van der Waals surface area contributed by atoms with E-state index >= 15 is 0 Å². The van der Waals surface area contributed by atoms with Gasteiger partial charge in [-0.25, -0.2) is 0 Å². The topological polar surface area (TPSA) is 114 Å². The Balaban J connectivity index is 2.03. The number of imide groups is 1. The Hall–Kier alpha value is -3.91. The first-order valence-electron chi connectivity index (χ1n) is 8.86. The molecule has 5 rings (SSSR count). The van der Waals surface area contributed by atoms with Crippen LogP contribution in [-0.4, -0.2) is 26.4 Å². The highest BCUT2D eigenvalue weighted by Crippen LogP contribution is 2.44. The molecule has 0 saturated carbocycles. The van der Waals surface area contributed by atoms with Crippen LogP contribution in [-0.2, 0) is 7.05 Å². The van der Waals surface area contributed by atoms with Crippen LogP contribution in [0.3, 0.4) is 0 Å². The lowest BCUT2D eigenvalue weighted by molar-refractivity contribution is -0.384.